The van der Waals surface area contributed by atoms with E-state index in [1.807, 2.05) is 20.8 Å². The van der Waals surface area contributed by atoms with Crippen molar-refractivity contribution in [2.45, 2.75) is 52.1 Å². The van der Waals surface area contributed by atoms with Crippen molar-refractivity contribution in [1.82, 2.24) is 5.32 Å². The lowest BCUT2D eigenvalue weighted by atomic mass is 10.1. The van der Waals surface area contributed by atoms with Crippen LogP contribution in [0.15, 0.2) is 0 Å². The zero-order valence-electron chi connectivity index (χ0n) is 10.1. The fourth-order valence-corrected chi connectivity index (χ4v) is 1.27. The van der Waals surface area contributed by atoms with Crippen LogP contribution in [0, 0.1) is 0 Å². The van der Waals surface area contributed by atoms with E-state index in [1.54, 1.807) is 0 Å². The SMILES string of the molecule is CCOCC(C)NC(=O)CCCC(C)N. The Morgan fingerprint density at radius 3 is 2.67 bits per heavy atom. The summed E-state index contributed by atoms with van der Waals surface area (Å²) in [6, 6.07) is 0.270. The summed E-state index contributed by atoms with van der Waals surface area (Å²) >= 11 is 0. The molecule has 0 radical (unpaired) electrons. The molecular formula is C11H24N2O2. The largest absolute Gasteiger partial charge is 0.380 e. The fourth-order valence-electron chi connectivity index (χ4n) is 1.27. The highest BCUT2D eigenvalue weighted by molar-refractivity contribution is 5.76. The van der Waals surface area contributed by atoms with Crippen molar-refractivity contribution >= 4 is 5.91 Å². The summed E-state index contributed by atoms with van der Waals surface area (Å²) in [6.07, 6.45) is 2.30. The van der Waals surface area contributed by atoms with E-state index in [4.69, 9.17) is 10.5 Å². The van der Waals surface area contributed by atoms with Gasteiger partial charge in [-0.2, -0.15) is 0 Å². The number of nitrogens with one attached hydrogen (secondary N) is 1. The lowest BCUT2D eigenvalue weighted by Crippen LogP contribution is -2.35. The van der Waals surface area contributed by atoms with Gasteiger partial charge >= 0.3 is 0 Å². The number of carbonyl (C=O) groups is 1. The summed E-state index contributed by atoms with van der Waals surface area (Å²) in [6.45, 7) is 7.10. The summed E-state index contributed by atoms with van der Waals surface area (Å²) in [5.74, 6) is 0.0860. The van der Waals surface area contributed by atoms with E-state index >= 15 is 0 Å². The number of amides is 1. The minimum Gasteiger partial charge on any atom is -0.380 e. The first-order chi connectivity index (χ1) is 7.06. The van der Waals surface area contributed by atoms with Crippen LogP contribution in [0.5, 0.6) is 0 Å². The van der Waals surface area contributed by atoms with Gasteiger partial charge in [0.1, 0.15) is 0 Å². The third-order valence-electron chi connectivity index (χ3n) is 2.04. The normalized spacial score (nSPS) is 14.7. The number of hydrogen-bond acceptors (Lipinski definition) is 3. The highest BCUT2D eigenvalue weighted by atomic mass is 16.5. The molecule has 0 aromatic carbocycles. The van der Waals surface area contributed by atoms with E-state index in [-0.39, 0.29) is 18.0 Å². The molecule has 0 aliphatic carbocycles. The van der Waals surface area contributed by atoms with Crippen molar-refractivity contribution in [3.63, 3.8) is 0 Å². The van der Waals surface area contributed by atoms with Gasteiger partial charge < -0.3 is 15.8 Å². The van der Waals surface area contributed by atoms with Gasteiger partial charge in [0.25, 0.3) is 0 Å². The summed E-state index contributed by atoms with van der Waals surface area (Å²) in [5, 5.41) is 2.88. The van der Waals surface area contributed by atoms with Crippen LogP contribution in [0.2, 0.25) is 0 Å². The predicted molar refractivity (Wildman–Crippen MR) is 61.6 cm³/mol. The second-order valence-corrected chi connectivity index (χ2v) is 4.00. The van der Waals surface area contributed by atoms with Crippen molar-refractivity contribution in [1.29, 1.82) is 0 Å². The Labute approximate surface area is 92.6 Å². The van der Waals surface area contributed by atoms with Crippen LogP contribution in [-0.2, 0) is 9.53 Å². The minimum absolute atomic E-state index is 0.0860. The van der Waals surface area contributed by atoms with Crippen LogP contribution in [0.4, 0.5) is 0 Å². The van der Waals surface area contributed by atoms with Gasteiger partial charge in [-0.15, -0.1) is 0 Å². The topological polar surface area (TPSA) is 64.3 Å². The van der Waals surface area contributed by atoms with Crippen LogP contribution < -0.4 is 11.1 Å². The van der Waals surface area contributed by atoms with Gasteiger partial charge in [0.2, 0.25) is 5.91 Å². The number of hydrogen-bond donors (Lipinski definition) is 2. The zero-order chi connectivity index (χ0) is 11.7. The first-order valence-corrected chi connectivity index (χ1v) is 5.69. The molecule has 15 heavy (non-hydrogen) atoms. The van der Waals surface area contributed by atoms with Crippen molar-refractivity contribution < 1.29 is 9.53 Å². The molecule has 4 heteroatoms. The lowest BCUT2D eigenvalue weighted by molar-refractivity contribution is -0.122. The molecule has 1 amide bonds. The monoisotopic (exact) mass is 216 g/mol. The van der Waals surface area contributed by atoms with E-state index < -0.39 is 0 Å². The zero-order valence-corrected chi connectivity index (χ0v) is 10.1. The van der Waals surface area contributed by atoms with Crippen LogP contribution in [0.25, 0.3) is 0 Å². The predicted octanol–water partition coefficient (Wildman–Crippen LogP) is 1.05. The molecule has 3 N–H and O–H groups in total. The maximum atomic E-state index is 11.4. The molecule has 2 atom stereocenters. The molecule has 0 rings (SSSR count). The van der Waals surface area contributed by atoms with Crippen LogP contribution >= 0.6 is 0 Å². The van der Waals surface area contributed by atoms with Crippen molar-refractivity contribution in [3.05, 3.63) is 0 Å². The van der Waals surface area contributed by atoms with Gasteiger partial charge in [0, 0.05) is 25.1 Å². The van der Waals surface area contributed by atoms with Crippen LogP contribution in [-0.4, -0.2) is 31.2 Å². The Balaban J connectivity index is 3.46. The summed E-state index contributed by atoms with van der Waals surface area (Å²) in [4.78, 5) is 11.4. The Morgan fingerprint density at radius 1 is 1.47 bits per heavy atom. The Bertz CT molecular complexity index is 172. The molecule has 0 spiro atoms. The number of nitrogens with two attached hydrogens (primary N) is 1. The standard InChI is InChI=1S/C11H24N2O2/c1-4-15-8-10(3)13-11(14)7-5-6-9(2)12/h9-10H,4-8,12H2,1-3H3,(H,13,14). The molecule has 0 aromatic rings. The summed E-state index contributed by atoms with van der Waals surface area (Å²) in [7, 11) is 0. The van der Waals surface area contributed by atoms with E-state index in [0.717, 1.165) is 12.8 Å². The molecule has 90 valence electrons. The first-order valence-electron chi connectivity index (χ1n) is 5.69. The smallest absolute Gasteiger partial charge is 0.220 e. The maximum Gasteiger partial charge on any atom is 0.220 e. The molecule has 0 bridgehead atoms. The third kappa shape index (κ3) is 9.69. The van der Waals surface area contributed by atoms with E-state index in [9.17, 15) is 4.79 Å². The molecule has 0 heterocycles. The van der Waals surface area contributed by atoms with Crippen molar-refractivity contribution in [3.8, 4) is 0 Å². The average molecular weight is 216 g/mol. The Hall–Kier alpha value is -0.610. The van der Waals surface area contributed by atoms with Gasteiger partial charge in [-0.1, -0.05) is 0 Å². The summed E-state index contributed by atoms with van der Waals surface area (Å²) in [5.41, 5.74) is 5.59. The molecule has 0 fully saturated rings. The second-order valence-electron chi connectivity index (χ2n) is 4.00. The van der Waals surface area contributed by atoms with Crippen LogP contribution in [0.3, 0.4) is 0 Å². The number of ether oxygens (including phenoxy) is 1. The van der Waals surface area contributed by atoms with Crippen molar-refractivity contribution in [2.24, 2.45) is 5.73 Å². The number of carbonyl (C=O) groups excluding carboxylic acids is 1. The second kappa shape index (κ2) is 8.68. The van der Waals surface area contributed by atoms with Gasteiger partial charge in [0.05, 0.1) is 6.61 Å². The molecule has 0 aromatic heterocycles. The molecule has 4 nitrogen and oxygen atoms in total. The Kier molecular flexibility index (Phi) is 8.33. The van der Waals surface area contributed by atoms with Crippen LogP contribution in [0.1, 0.15) is 40.0 Å². The average Bonchev–Trinajstić information content (AvgIpc) is 2.14. The molecule has 0 aliphatic heterocycles. The quantitative estimate of drug-likeness (QED) is 0.637. The fraction of sp³-hybridized carbons (Fsp3) is 0.909. The molecule has 0 aliphatic rings. The van der Waals surface area contributed by atoms with Gasteiger partial charge in [-0.05, 0) is 33.6 Å². The molecular weight excluding hydrogens is 192 g/mol. The molecule has 0 saturated heterocycles. The maximum absolute atomic E-state index is 11.4. The lowest BCUT2D eigenvalue weighted by Gasteiger charge is -2.13. The van der Waals surface area contributed by atoms with Gasteiger partial charge in [-0.3, -0.25) is 4.79 Å². The van der Waals surface area contributed by atoms with Gasteiger partial charge in [0.15, 0.2) is 0 Å². The highest BCUT2D eigenvalue weighted by Crippen LogP contribution is 1.98. The van der Waals surface area contributed by atoms with Crippen molar-refractivity contribution in [2.75, 3.05) is 13.2 Å². The summed E-state index contributed by atoms with van der Waals surface area (Å²) < 4.78 is 5.20. The first kappa shape index (κ1) is 14.4. The Morgan fingerprint density at radius 2 is 2.13 bits per heavy atom. The number of rotatable bonds is 8. The molecule has 2 unspecified atom stereocenters. The third-order valence-corrected chi connectivity index (χ3v) is 2.04. The molecule has 0 saturated carbocycles. The van der Waals surface area contributed by atoms with E-state index in [1.165, 1.54) is 0 Å². The van der Waals surface area contributed by atoms with Gasteiger partial charge in [-0.25, -0.2) is 0 Å². The minimum atomic E-state index is 0.0860. The van der Waals surface area contributed by atoms with E-state index in [2.05, 4.69) is 5.32 Å². The highest BCUT2D eigenvalue weighted by Gasteiger charge is 2.07. The van der Waals surface area contributed by atoms with E-state index in [0.29, 0.717) is 19.6 Å².